The van der Waals surface area contributed by atoms with Gasteiger partial charge >= 0.3 is 0 Å². The number of nitrogens with zero attached hydrogens (tertiary/aromatic N) is 1. The van der Waals surface area contributed by atoms with Crippen LogP contribution in [0.3, 0.4) is 0 Å². The van der Waals surface area contributed by atoms with E-state index < -0.39 is 0 Å². The fourth-order valence-electron chi connectivity index (χ4n) is 3.93. The summed E-state index contributed by atoms with van der Waals surface area (Å²) in [6, 6.07) is 12.3. The summed E-state index contributed by atoms with van der Waals surface area (Å²) in [6.45, 7) is 4.34. The van der Waals surface area contributed by atoms with Gasteiger partial charge in [0, 0.05) is 16.5 Å². The molecule has 0 saturated carbocycles. The van der Waals surface area contributed by atoms with E-state index in [4.69, 9.17) is 9.47 Å². The summed E-state index contributed by atoms with van der Waals surface area (Å²) in [5.74, 6) is 1.28. The lowest BCUT2D eigenvalue weighted by Crippen LogP contribution is -3.13. The number of hydrogen-bond acceptors (Lipinski definition) is 3. The third-order valence-corrected chi connectivity index (χ3v) is 5.46. The van der Waals surface area contributed by atoms with Crippen LogP contribution in [-0.4, -0.2) is 48.8 Å². The standard InChI is InChI=1S/C21H20FN3O3/c22-16-2-3-17-15(10-16)11-18(23-17)21(26)25-7-5-24(6-8-25)12-14-1-4-19-20(9-14)28-13-27-19/h1-4,9-11,23H,5-8,12-13H2/p+1. The van der Waals surface area contributed by atoms with Crippen molar-refractivity contribution in [2.24, 2.45) is 0 Å². The number of aromatic nitrogens is 1. The molecule has 2 aliphatic heterocycles. The number of carbonyl (C=O) groups is 1. The van der Waals surface area contributed by atoms with Crippen LogP contribution < -0.4 is 14.4 Å². The number of halogens is 1. The van der Waals surface area contributed by atoms with E-state index in [0.717, 1.165) is 42.0 Å². The van der Waals surface area contributed by atoms with Crippen LogP contribution in [0.5, 0.6) is 11.5 Å². The molecule has 1 aromatic heterocycles. The number of ether oxygens (including phenoxy) is 2. The van der Waals surface area contributed by atoms with Crippen LogP contribution in [0.4, 0.5) is 4.39 Å². The smallest absolute Gasteiger partial charge is 0.270 e. The second-order valence-corrected chi connectivity index (χ2v) is 7.32. The number of piperazine rings is 1. The zero-order chi connectivity index (χ0) is 19.1. The summed E-state index contributed by atoms with van der Waals surface area (Å²) in [5.41, 5.74) is 2.49. The largest absolute Gasteiger partial charge is 0.454 e. The van der Waals surface area contributed by atoms with Crippen LogP contribution in [0, 0.1) is 5.82 Å². The number of quaternary nitrogens is 1. The minimum absolute atomic E-state index is 0.0289. The van der Waals surface area contributed by atoms with Gasteiger partial charge in [-0.05, 0) is 42.5 Å². The molecular weight excluding hydrogens is 361 g/mol. The van der Waals surface area contributed by atoms with Gasteiger partial charge in [-0.15, -0.1) is 0 Å². The van der Waals surface area contributed by atoms with Gasteiger partial charge in [-0.25, -0.2) is 4.39 Å². The number of carbonyl (C=O) groups excluding carboxylic acids is 1. The minimum atomic E-state index is -0.300. The summed E-state index contributed by atoms with van der Waals surface area (Å²) in [6.07, 6.45) is 0. The topological polar surface area (TPSA) is 59.0 Å². The van der Waals surface area contributed by atoms with E-state index in [2.05, 4.69) is 11.1 Å². The first kappa shape index (κ1) is 17.1. The molecule has 6 nitrogen and oxygen atoms in total. The van der Waals surface area contributed by atoms with E-state index in [1.165, 1.54) is 22.6 Å². The van der Waals surface area contributed by atoms with E-state index in [1.54, 1.807) is 12.1 Å². The molecule has 2 N–H and O–H groups in total. The molecule has 2 aliphatic rings. The highest BCUT2D eigenvalue weighted by Crippen LogP contribution is 2.32. The van der Waals surface area contributed by atoms with Crippen LogP contribution in [0.25, 0.3) is 10.9 Å². The molecule has 1 fully saturated rings. The summed E-state index contributed by atoms with van der Waals surface area (Å²) >= 11 is 0. The molecule has 0 aliphatic carbocycles. The Morgan fingerprint density at radius 3 is 2.75 bits per heavy atom. The molecular formula is C21H21FN3O3+. The maximum absolute atomic E-state index is 13.4. The van der Waals surface area contributed by atoms with Crippen molar-refractivity contribution in [2.75, 3.05) is 33.0 Å². The van der Waals surface area contributed by atoms with Crippen molar-refractivity contribution in [1.82, 2.24) is 9.88 Å². The van der Waals surface area contributed by atoms with Crippen molar-refractivity contribution in [2.45, 2.75) is 6.54 Å². The molecule has 0 radical (unpaired) electrons. The molecule has 0 bridgehead atoms. The summed E-state index contributed by atoms with van der Waals surface area (Å²) in [7, 11) is 0. The van der Waals surface area contributed by atoms with Gasteiger partial charge in [-0.1, -0.05) is 0 Å². The molecule has 0 spiro atoms. The third-order valence-electron chi connectivity index (χ3n) is 5.46. The minimum Gasteiger partial charge on any atom is -0.454 e. The highest BCUT2D eigenvalue weighted by molar-refractivity contribution is 5.98. The van der Waals surface area contributed by atoms with E-state index in [0.29, 0.717) is 18.8 Å². The molecule has 2 aromatic carbocycles. The van der Waals surface area contributed by atoms with Gasteiger partial charge in [0.1, 0.15) is 18.1 Å². The van der Waals surface area contributed by atoms with E-state index in [9.17, 15) is 9.18 Å². The van der Waals surface area contributed by atoms with Gasteiger partial charge < -0.3 is 24.3 Å². The molecule has 5 rings (SSSR count). The maximum atomic E-state index is 13.4. The first-order chi connectivity index (χ1) is 13.7. The number of fused-ring (bicyclic) bond motifs is 2. The van der Waals surface area contributed by atoms with Crippen molar-refractivity contribution >= 4 is 16.8 Å². The summed E-state index contributed by atoms with van der Waals surface area (Å²) in [5, 5.41) is 0.718. The Hall–Kier alpha value is -3.06. The number of H-pyrrole nitrogens is 1. The van der Waals surface area contributed by atoms with Gasteiger partial charge in [-0.2, -0.15) is 0 Å². The number of hydrogen-bond donors (Lipinski definition) is 2. The second-order valence-electron chi connectivity index (χ2n) is 7.32. The Morgan fingerprint density at radius 1 is 1.07 bits per heavy atom. The molecule has 1 amide bonds. The van der Waals surface area contributed by atoms with Crippen LogP contribution >= 0.6 is 0 Å². The predicted octanol–water partition coefficient (Wildman–Crippen LogP) is 1.58. The lowest BCUT2D eigenvalue weighted by Gasteiger charge is -2.32. The first-order valence-corrected chi connectivity index (χ1v) is 9.45. The van der Waals surface area contributed by atoms with E-state index in [-0.39, 0.29) is 18.5 Å². The quantitative estimate of drug-likeness (QED) is 0.723. The molecule has 28 heavy (non-hydrogen) atoms. The lowest BCUT2D eigenvalue weighted by molar-refractivity contribution is -0.917. The first-order valence-electron chi connectivity index (χ1n) is 9.45. The normalized spacial score (nSPS) is 16.7. The van der Waals surface area contributed by atoms with Crippen molar-refractivity contribution < 1.29 is 23.6 Å². The lowest BCUT2D eigenvalue weighted by atomic mass is 10.1. The van der Waals surface area contributed by atoms with Crippen molar-refractivity contribution in [1.29, 1.82) is 0 Å². The number of rotatable bonds is 3. The molecule has 1 saturated heterocycles. The summed E-state index contributed by atoms with van der Waals surface area (Å²) < 4.78 is 24.2. The average molecular weight is 382 g/mol. The summed E-state index contributed by atoms with van der Waals surface area (Å²) in [4.78, 5) is 19.2. The van der Waals surface area contributed by atoms with Crippen molar-refractivity contribution in [3.8, 4) is 11.5 Å². The fraction of sp³-hybridized carbons (Fsp3) is 0.286. The number of nitrogens with one attached hydrogen (secondary N) is 2. The molecule has 144 valence electrons. The molecule has 7 heteroatoms. The van der Waals surface area contributed by atoms with Crippen LogP contribution in [0.15, 0.2) is 42.5 Å². The Morgan fingerprint density at radius 2 is 1.89 bits per heavy atom. The highest BCUT2D eigenvalue weighted by Gasteiger charge is 2.26. The zero-order valence-electron chi connectivity index (χ0n) is 15.3. The monoisotopic (exact) mass is 382 g/mol. The Kier molecular flexibility index (Phi) is 4.16. The van der Waals surface area contributed by atoms with E-state index >= 15 is 0 Å². The highest BCUT2D eigenvalue weighted by atomic mass is 19.1. The van der Waals surface area contributed by atoms with Crippen LogP contribution in [0.1, 0.15) is 16.1 Å². The van der Waals surface area contributed by atoms with Gasteiger partial charge in [0.05, 0.1) is 26.2 Å². The number of amides is 1. The Labute approximate surface area is 161 Å². The Bertz CT molecular complexity index is 1040. The fourth-order valence-corrected chi connectivity index (χ4v) is 3.93. The average Bonchev–Trinajstić information content (AvgIpc) is 3.34. The van der Waals surface area contributed by atoms with Crippen molar-refractivity contribution in [3.05, 3.63) is 59.5 Å². The van der Waals surface area contributed by atoms with E-state index in [1.807, 2.05) is 17.0 Å². The molecule has 3 heterocycles. The van der Waals surface area contributed by atoms with Gasteiger partial charge in [0.15, 0.2) is 11.5 Å². The number of benzene rings is 2. The Balaban J connectivity index is 1.22. The van der Waals surface area contributed by atoms with Crippen molar-refractivity contribution in [3.63, 3.8) is 0 Å². The van der Waals surface area contributed by atoms with Gasteiger partial charge in [0.2, 0.25) is 6.79 Å². The molecule has 0 atom stereocenters. The maximum Gasteiger partial charge on any atom is 0.270 e. The zero-order valence-corrected chi connectivity index (χ0v) is 15.3. The SMILES string of the molecule is O=C(c1cc2cc(F)ccc2[nH]1)N1CC[NH+](Cc2ccc3c(c2)OCO3)CC1. The molecule has 3 aromatic rings. The number of aromatic amines is 1. The molecule has 0 unspecified atom stereocenters. The second kappa shape index (κ2) is 6.83. The predicted molar refractivity (Wildman–Crippen MR) is 101 cm³/mol. The van der Waals surface area contributed by atoms with Gasteiger partial charge in [0.25, 0.3) is 5.91 Å². The van der Waals surface area contributed by atoms with Crippen LogP contribution in [0.2, 0.25) is 0 Å². The van der Waals surface area contributed by atoms with Crippen LogP contribution in [-0.2, 0) is 6.54 Å². The van der Waals surface area contributed by atoms with Gasteiger partial charge in [-0.3, -0.25) is 4.79 Å². The third kappa shape index (κ3) is 3.18.